The quantitative estimate of drug-likeness (QED) is 0.371. The monoisotopic (exact) mass is 508 g/mol. The second-order valence-electron chi connectivity index (χ2n) is 7.64. The van der Waals surface area contributed by atoms with Gasteiger partial charge in [-0.2, -0.15) is 36.3 Å². The zero-order chi connectivity index (χ0) is 24.7. The molecule has 2 aromatic carbocycles. The highest BCUT2D eigenvalue weighted by atomic mass is 32.2. The lowest BCUT2D eigenvalue weighted by Crippen LogP contribution is -2.49. The lowest BCUT2D eigenvalue weighted by molar-refractivity contribution is -0.167. The van der Waals surface area contributed by atoms with E-state index in [1.165, 1.54) is 16.2 Å². The summed E-state index contributed by atoms with van der Waals surface area (Å²) < 4.78 is 37.1. The Labute approximate surface area is 203 Å². The first-order valence-electron chi connectivity index (χ1n) is 10.5. The van der Waals surface area contributed by atoms with Crippen molar-refractivity contribution < 1.29 is 27.6 Å². The van der Waals surface area contributed by atoms with Crippen molar-refractivity contribution >= 4 is 57.2 Å². The van der Waals surface area contributed by atoms with Crippen LogP contribution in [0.1, 0.15) is 18.4 Å². The fourth-order valence-electron chi connectivity index (χ4n) is 3.50. The summed E-state index contributed by atoms with van der Waals surface area (Å²) in [5, 5.41) is 5.56. The first kappa shape index (κ1) is 25.8. The highest BCUT2D eigenvalue weighted by Crippen LogP contribution is 2.27. The molecule has 0 radical (unpaired) electrons. The summed E-state index contributed by atoms with van der Waals surface area (Å²) in [5.74, 6) is -3.28. The number of ketones is 1. The molecule has 2 amide bonds. The SMILES string of the molecule is NC(=O)[C@H](CCCSCC(=O)C(F)(F)F)N(C(=O)Cc1ccsc1)c1ccc2ccccc2c1. The number of halogens is 3. The summed E-state index contributed by atoms with van der Waals surface area (Å²) in [6, 6.07) is 13.9. The van der Waals surface area contributed by atoms with E-state index < -0.39 is 29.7 Å². The van der Waals surface area contributed by atoms with Gasteiger partial charge in [-0.15, -0.1) is 0 Å². The number of rotatable bonds is 11. The number of fused-ring (bicyclic) bond motifs is 1. The topological polar surface area (TPSA) is 80.5 Å². The number of thioether (sulfide) groups is 1. The van der Waals surface area contributed by atoms with Gasteiger partial charge >= 0.3 is 6.18 Å². The van der Waals surface area contributed by atoms with Crippen LogP contribution in [-0.4, -0.2) is 41.3 Å². The van der Waals surface area contributed by atoms with Crippen LogP contribution in [0.2, 0.25) is 0 Å². The molecule has 0 spiro atoms. The number of anilines is 1. The summed E-state index contributed by atoms with van der Waals surface area (Å²) in [5.41, 5.74) is 7.01. The summed E-state index contributed by atoms with van der Waals surface area (Å²) in [4.78, 5) is 38.2. The fourth-order valence-corrected chi connectivity index (χ4v) is 5.03. The van der Waals surface area contributed by atoms with Gasteiger partial charge in [-0.25, -0.2) is 0 Å². The Morgan fingerprint density at radius 2 is 1.79 bits per heavy atom. The number of carbonyl (C=O) groups is 3. The predicted octanol–water partition coefficient (Wildman–Crippen LogP) is 4.98. The minimum atomic E-state index is -4.86. The minimum absolute atomic E-state index is 0.0783. The van der Waals surface area contributed by atoms with Crippen LogP contribution in [0, 0.1) is 0 Å². The van der Waals surface area contributed by atoms with Gasteiger partial charge in [-0.05, 0) is 63.9 Å². The van der Waals surface area contributed by atoms with E-state index in [1.54, 1.807) is 6.07 Å². The number of carbonyl (C=O) groups excluding carboxylic acids is 3. The molecule has 10 heteroatoms. The van der Waals surface area contributed by atoms with E-state index in [4.69, 9.17) is 5.73 Å². The molecule has 3 aromatic rings. The number of nitrogens with zero attached hydrogens (tertiary/aromatic N) is 1. The Morgan fingerprint density at radius 3 is 2.44 bits per heavy atom. The number of amides is 2. The van der Waals surface area contributed by atoms with Gasteiger partial charge in [0.2, 0.25) is 17.6 Å². The van der Waals surface area contributed by atoms with Gasteiger partial charge in [-0.1, -0.05) is 30.3 Å². The fraction of sp³-hybridized carbons (Fsp3) is 0.292. The molecule has 180 valence electrons. The smallest absolute Gasteiger partial charge is 0.368 e. The van der Waals surface area contributed by atoms with Crippen LogP contribution in [0.3, 0.4) is 0 Å². The summed E-state index contributed by atoms with van der Waals surface area (Å²) in [6.45, 7) is 0. The number of hydrogen-bond donors (Lipinski definition) is 1. The van der Waals surface area contributed by atoms with Crippen LogP contribution in [0.25, 0.3) is 10.8 Å². The van der Waals surface area contributed by atoms with Gasteiger partial charge < -0.3 is 5.73 Å². The molecule has 1 atom stereocenters. The third kappa shape index (κ3) is 6.83. The Bertz CT molecular complexity index is 1150. The van der Waals surface area contributed by atoms with Crippen molar-refractivity contribution in [1.82, 2.24) is 0 Å². The Hall–Kier alpha value is -2.85. The zero-order valence-corrected chi connectivity index (χ0v) is 19.7. The van der Waals surface area contributed by atoms with Gasteiger partial charge in [0.15, 0.2) is 0 Å². The third-order valence-electron chi connectivity index (χ3n) is 5.17. The molecule has 1 heterocycles. The first-order valence-corrected chi connectivity index (χ1v) is 12.6. The van der Waals surface area contributed by atoms with Crippen molar-refractivity contribution in [3.8, 4) is 0 Å². The first-order chi connectivity index (χ1) is 16.2. The van der Waals surface area contributed by atoms with Crippen molar-refractivity contribution in [2.45, 2.75) is 31.5 Å². The Balaban J connectivity index is 1.79. The highest BCUT2D eigenvalue weighted by Gasteiger charge is 2.37. The number of Topliss-reactive ketones (excluding diaryl/α,β-unsaturated/α-hetero) is 1. The van der Waals surface area contributed by atoms with Crippen molar-refractivity contribution in [1.29, 1.82) is 0 Å². The number of nitrogens with two attached hydrogens (primary N) is 1. The molecular formula is C24H23F3N2O3S2. The van der Waals surface area contributed by atoms with Crippen LogP contribution in [-0.2, 0) is 20.8 Å². The maximum atomic E-state index is 13.3. The molecule has 2 N–H and O–H groups in total. The van der Waals surface area contributed by atoms with Gasteiger partial charge in [0.25, 0.3) is 0 Å². The molecule has 0 bridgehead atoms. The summed E-state index contributed by atoms with van der Waals surface area (Å²) in [6.07, 6.45) is -4.32. The minimum Gasteiger partial charge on any atom is -0.368 e. The van der Waals surface area contributed by atoms with Gasteiger partial charge in [0.05, 0.1) is 12.2 Å². The lowest BCUT2D eigenvalue weighted by atomic mass is 10.0. The van der Waals surface area contributed by atoms with Crippen molar-refractivity contribution in [3.63, 3.8) is 0 Å². The lowest BCUT2D eigenvalue weighted by Gasteiger charge is -2.30. The maximum absolute atomic E-state index is 13.3. The Morgan fingerprint density at radius 1 is 1.06 bits per heavy atom. The second kappa shape index (κ2) is 11.5. The molecular weight excluding hydrogens is 485 g/mol. The zero-order valence-electron chi connectivity index (χ0n) is 18.1. The van der Waals surface area contributed by atoms with Crippen molar-refractivity contribution in [2.75, 3.05) is 16.4 Å². The molecule has 5 nitrogen and oxygen atoms in total. The van der Waals surface area contributed by atoms with Gasteiger partial charge in [0, 0.05) is 5.69 Å². The number of alkyl halides is 3. The summed E-state index contributed by atoms with van der Waals surface area (Å²) in [7, 11) is 0. The maximum Gasteiger partial charge on any atom is 0.450 e. The number of primary amides is 1. The largest absolute Gasteiger partial charge is 0.450 e. The van der Waals surface area contributed by atoms with Gasteiger partial charge in [0.1, 0.15) is 6.04 Å². The van der Waals surface area contributed by atoms with E-state index in [2.05, 4.69) is 0 Å². The molecule has 34 heavy (non-hydrogen) atoms. The summed E-state index contributed by atoms with van der Waals surface area (Å²) >= 11 is 2.30. The standard InChI is InChI=1S/C24H23F3N2O3S2/c25-24(26,27)21(30)15-33-10-3-6-20(23(28)32)29(22(31)12-16-9-11-34-14-16)19-8-7-17-4-1-2-5-18(17)13-19/h1-2,4-5,7-9,11,13-14,20H,3,6,10,12,15H2,(H2,28,32)/t20-/m0/s1. The van der Waals surface area contributed by atoms with E-state index in [0.717, 1.165) is 28.1 Å². The van der Waals surface area contributed by atoms with Crippen molar-refractivity contribution in [3.05, 3.63) is 64.9 Å². The molecule has 1 aromatic heterocycles. The molecule has 0 aliphatic rings. The molecule has 0 aliphatic heterocycles. The normalized spacial score (nSPS) is 12.4. The molecule has 0 fully saturated rings. The van der Waals surface area contributed by atoms with E-state index in [-0.39, 0.29) is 24.5 Å². The molecule has 0 aliphatic carbocycles. The van der Waals surface area contributed by atoms with E-state index >= 15 is 0 Å². The molecule has 0 saturated carbocycles. The Kier molecular flexibility index (Phi) is 8.73. The molecule has 0 saturated heterocycles. The van der Waals surface area contributed by atoms with Crippen LogP contribution in [0.4, 0.5) is 18.9 Å². The van der Waals surface area contributed by atoms with E-state index in [9.17, 15) is 27.6 Å². The molecule has 0 unspecified atom stereocenters. The number of thiophene rings is 1. The number of benzene rings is 2. The average molecular weight is 509 g/mol. The van der Waals surface area contributed by atoms with E-state index in [1.807, 2.05) is 53.2 Å². The van der Waals surface area contributed by atoms with Gasteiger partial charge in [-0.3, -0.25) is 19.3 Å². The number of hydrogen-bond acceptors (Lipinski definition) is 5. The predicted molar refractivity (Wildman–Crippen MR) is 130 cm³/mol. The van der Waals surface area contributed by atoms with Crippen LogP contribution >= 0.6 is 23.1 Å². The van der Waals surface area contributed by atoms with Crippen molar-refractivity contribution in [2.24, 2.45) is 5.73 Å². The van der Waals surface area contributed by atoms with E-state index in [0.29, 0.717) is 12.1 Å². The molecule has 3 rings (SSSR count). The third-order valence-corrected chi connectivity index (χ3v) is 6.95. The highest BCUT2D eigenvalue weighted by molar-refractivity contribution is 7.99. The second-order valence-corrected chi connectivity index (χ2v) is 9.52. The van der Waals surface area contributed by atoms with Crippen LogP contribution < -0.4 is 10.6 Å². The average Bonchev–Trinajstić information content (AvgIpc) is 3.29. The van der Waals surface area contributed by atoms with Crippen LogP contribution in [0.5, 0.6) is 0 Å². The van der Waals surface area contributed by atoms with Crippen LogP contribution in [0.15, 0.2) is 59.3 Å².